The minimum absolute atomic E-state index is 0.0851. The first kappa shape index (κ1) is 20.3. The summed E-state index contributed by atoms with van der Waals surface area (Å²) in [5, 5.41) is 11.2. The maximum absolute atomic E-state index is 12.9. The number of carbonyl (C=O) groups excluding carboxylic acids is 2. The number of esters is 1. The summed E-state index contributed by atoms with van der Waals surface area (Å²) in [4.78, 5) is 36.1. The molecule has 0 bridgehead atoms. The predicted molar refractivity (Wildman–Crippen MR) is 107 cm³/mol. The standard InChI is InChI=1S/C22H21NO6/c1-3-29-22(25)21-19(15-5-4-6-17(11-15)23(26)27)12-16(13-20(21)24)14-7-9-18(28-2)10-8-14/h4-11,13,19,21H,3,12H2,1-2H3. The number of methoxy groups -OCH3 is 1. The van der Waals surface area contributed by atoms with Crippen molar-refractivity contribution in [3.05, 3.63) is 75.8 Å². The normalized spacial score (nSPS) is 18.7. The van der Waals surface area contributed by atoms with E-state index in [1.54, 1.807) is 38.3 Å². The van der Waals surface area contributed by atoms with Gasteiger partial charge in [-0.2, -0.15) is 0 Å². The van der Waals surface area contributed by atoms with Crippen molar-refractivity contribution >= 4 is 23.0 Å². The van der Waals surface area contributed by atoms with Crippen molar-refractivity contribution in [2.75, 3.05) is 13.7 Å². The Balaban J connectivity index is 2.03. The summed E-state index contributed by atoms with van der Waals surface area (Å²) < 4.78 is 10.3. The van der Waals surface area contributed by atoms with E-state index >= 15 is 0 Å². The third-order valence-electron chi connectivity index (χ3n) is 4.98. The predicted octanol–water partition coefficient (Wildman–Crippen LogP) is 3.92. The van der Waals surface area contributed by atoms with Crippen molar-refractivity contribution < 1.29 is 24.0 Å². The fraction of sp³-hybridized carbons (Fsp3) is 0.273. The molecule has 0 amide bonds. The molecule has 0 saturated heterocycles. The van der Waals surface area contributed by atoms with Gasteiger partial charge in [0.2, 0.25) is 0 Å². The number of benzene rings is 2. The number of hydrogen-bond donors (Lipinski definition) is 0. The molecule has 0 radical (unpaired) electrons. The van der Waals surface area contributed by atoms with Gasteiger partial charge in [0.25, 0.3) is 5.69 Å². The Morgan fingerprint density at radius 1 is 1.21 bits per heavy atom. The molecular weight excluding hydrogens is 374 g/mol. The maximum Gasteiger partial charge on any atom is 0.317 e. The number of ether oxygens (including phenoxy) is 2. The molecule has 3 rings (SSSR count). The average molecular weight is 395 g/mol. The van der Waals surface area contributed by atoms with Gasteiger partial charge < -0.3 is 9.47 Å². The molecule has 2 aromatic rings. The summed E-state index contributed by atoms with van der Waals surface area (Å²) in [6.45, 7) is 1.82. The van der Waals surface area contributed by atoms with Crippen LogP contribution < -0.4 is 4.74 Å². The maximum atomic E-state index is 12.9. The van der Waals surface area contributed by atoms with Crippen LogP contribution in [0.25, 0.3) is 5.57 Å². The van der Waals surface area contributed by atoms with E-state index in [0.717, 1.165) is 11.1 Å². The van der Waals surface area contributed by atoms with Crippen molar-refractivity contribution in [2.24, 2.45) is 5.92 Å². The van der Waals surface area contributed by atoms with Crippen LogP contribution in [-0.4, -0.2) is 30.4 Å². The highest BCUT2D eigenvalue weighted by atomic mass is 16.6. The fourth-order valence-corrected chi connectivity index (χ4v) is 3.57. The van der Waals surface area contributed by atoms with Gasteiger partial charge in [0.05, 0.1) is 18.6 Å². The molecular formula is C22H21NO6. The Bertz CT molecular complexity index is 964. The zero-order valence-corrected chi connectivity index (χ0v) is 16.2. The zero-order valence-electron chi connectivity index (χ0n) is 16.2. The van der Waals surface area contributed by atoms with Crippen LogP contribution in [0.5, 0.6) is 5.75 Å². The molecule has 29 heavy (non-hydrogen) atoms. The van der Waals surface area contributed by atoms with Gasteiger partial charge in [-0.15, -0.1) is 0 Å². The van der Waals surface area contributed by atoms with Gasteiger partial charge in [0, 0.05) is 18.1 Å². The van der Waals surface area contributed by atoms with Crippen LogP contribution >= 0.6 is 0 Å². The van der Waals surface area contributed by atoms with Crippen LogP contribution in [0.3, 0.4) is 0 Å². The van der Waals surface area contributed by atoms with Crippen molar-refractivity contribution in [3.8, 4) is 5.75 Å². The second kappa shape index (κ2) is 8.68. The highest BCUT2D eigenvalue weighted by Gasteiger charge is 2.40. The van der Waals surface area contributed by atoms with Crippen molar-refractivity contribution in [1.29, 1.82) is 0 Å². The SMILES string of the molecule is CCOC(=O)C1C(=O)C=C(c2ccc(OC)cc2)CC1c1cccc([N+](=O)[O-])c1. The highest BCUT2D eigenvalue weighted by Crippen LogP contribution is 2.41. The average Bonchev–Trinajstić information content (AvgIpc) is 2.73. The first-order valence-electron chi connectivity index (χ1n) is 9.24. The molecule has 0 heterocycles. The van der Waals surface area contributed by atoms with Crippen molar-refractivity contribution in [3.63, 3.8) is 0 Å². The molecule has 2 atom stereocenters. The Labute approximate surface area is 168 Å². The van der Waals surface area contributed by atoms with Crippen molar-refractivity contribution in [1.82, 2.24) is 0 Å². The van der Waals surface area contributed by atoms with Crippen LogP contribution in [0.1, 0.15) is 30.4 Å². The Morgan fingerprint density at radius 3 is 2.55 bits per heavy atom. The monoisotopic (exact) mass is 395 g/mol. The molecule has 7 heteroatoms. The second-order valence-corrected chi connectivity index (χ2v) is 6.69. The van der Waals surface area contributed by atoms with Gasteiger partial charge in [-0.25, -0.2) is 0 Å². The summed E-state index contributed by atoms with van der Waals surface area (Å²) in [5.74, 6) is -1.87. The molecule has 7 nitrogen and oxygen atoms in total. The minimum Gasteiger partial charge on any atom is -0.497 e. The number of nitro groups is 1. The smallest absolute Gasteiger partial charge is 0.317 e. The molecule has 0 spiro atoms. The van der Waals surface area contributed by atoms with E-state index in [1.807, 2.05) is 12.1 Å². The van der Waals surface area contributed by atoms with E-state index in [9.17, 15) is 19.7 Å². The number of nitro benzene ring substituents is 1. The fourth-order valence-electron chi connectivity index (χ4n) is 3.57. The van der Waals surface area contributed by atoms with E-state index < -0.39 is 22.7 Å². The lowest BCUT2D eigenvalue weighted by Gasteiger charge is -2.29. The summed E-state index contributed by atoms with van der Waals surface area (Å²) in [7, 11) is 1.57. The van der Waals surface area contributed by atoms with Crippen LogP contribution in [0, 0.1) is 16.0 Å². The van der Waals surface area contributed by atoms with E-state index in [4.69, 9.17) is 9.47 Å². The van der Waals surface area contributed by atoms with E-state index in [1.165, 1.54) is 18.2 Å². The molecule has 0 N–H and O–H groups in total. The third kappa shape index (κ3) is 4.34. The number of non-ortho nitro benzene ring substituents is 1. The lowest BCUT2D eigenvalue weighted by atomic mass is 9.73. The molecule has 2 aromatic carbocycles. The van der Waals surface area contributed by atoms with Gasteiger partial charge >= 0.3 is 5.97 Å². The van der Waals surface area contributed by atoms with Crippen molar-refractivity contribution in [2.45, 2.75) is 19.3 Å². The molecule has 0 aromatic heterocycles. The lowest BCUT2D eigenvalue weighted by molar-refractivity contribution is -0.384. The van der Waals surface area contributed by atoms with Crippen LogP contribution in [0.2, 0.25) is 0 Å². The second-order valence-electron chi connectivity index (χ2n) is 6.69. The number of rotatable bonds is 6. The summed E-state index contributed by atoms with van der Waals surface area (Å²) in [6, 6.07) is 13.3. The molecule has 0 saturated carbocycles. The Morgan fingerprint density at radius 2 is 1.93 bits per heavy atom. The molecule has 150 valence electrons. The van der Waals surface area contributed by atoms with E-state index in [2.05, 4.69) is 0 Å². The van der Waals surface area contributed by atoms with Crippen LogP contribution in [0.15, 0.2) is 54.6 Å². The van der Waals surface area contributed by atoms with Gasteiger partial charge in [0.1, 0.15) is 11.7 Å². The minimum atomic E-state index is -1.03. The number of hydrogen-bond acceptors (Lipinski definition) is 6. The summed E-state index contributed by atoms with van der Waals surface area (Å²) in [6.07, 6.45) is 1.85. The molecule has 1 aliphatic carbocycles. The van der Waals surface area contributed by atoms with Crippen LogP contribution in [-0.2, 0) is 14.3 Å². The molecule has 0 fully saturated rings. The number of allylic oxidation sites excluding steroid dienone is 2. The van der Waals surface area contributed by atoms with Gasteiger partial charge in [-0.1, -0.05) is 24.3 Å². The quantitative estimate of drug-likeness (QED) is 0.318. The third-order valence-corrected chi connectivity index (χ3v) is 4.98. The molecule has 1 aliphatic rings. The number of ketones is 1. The van der Waals surface area contributed by atoms with Gasteiger partial charge in [-0.3, -0.25) is 19.7 Å². The lowest BCUT2D eigenvalue weighted by Crippen LogP contribution is -2.34. The summed E-state index contributed by atoms with van der Waals surface area (Å²) >= 11 is 0. The first-order chi connectivity index (χ1) is 13.9. The molecule has 0 aliphatic heterocycles. The van der Waals surface area contributed by atoms with Gasteiger partial charge in [-0.05, 0) is 48.3 Å². The highest BCUT2D eigenvalue weighted by molar-refractivity contribution is 6.10. The number of carbonyl (C=O) groups is 2. The molecule has 2 unspecified atom stereocenters. The largest absolute Gasteiger partial charge is 0.497 e. The zero-order chi connectivity index (χ0) is 21.0. The van der Waals surface area contributed by atoms with E-state index in [-0.39, 0.29) is 18.1 Å². The first-order valence-corrected chi connectivity index (χ1v) is 9.24. The summed E-state index contributed by atoms with van der Waals surface area (Å²) in [5.41, 5.74) is 2.06. The van der Waals surface area contributed by atoms with Gasteiger partial charge in [0.15, 0.2) is 5.78 Å². The Hall–Kier alpha value is -3.48. The Kier molecular flexibility index (Phi) is 6.07. The van der Waals surface area contributed by atoms with Crippen LogP contribution in [0.4, 0.5) is 5.69 Å². The number of nitrogens with zero attached hydrogens (tertiary/aromatic N) is 1. The van der Waals surface area contributed by atoms with E-state index in [0.29, 0.717) is 17.7 Å². The topological polar surface area (TPSA) is 95.7 Å².